The fourth-order valence-electron chi connectivity index (χ4n) is 10.4. The number of ether oxygens (including phenoxy) is 2. The van der Waals surface area contributed by atoms with Crippen molar-refractivity contribution in [2.24, 2.45) is 5.73 Å². The van der Waals surface area contributed by atoms with Crippen LogP contribution in [0.2, 0.25) is 0 Å². The Morgan fingerprint density at radius 1 is 0.896 bits per heavy atom. The van der Waals surface area contributed by atoms with E-state index < -0.39 is 50.8 Å². The number of nitrogens with zero attached hydrogens (tertiary/aromatic N) is 3. The Morgan fingerprint density at radius 2 is 1.54 bits per heavy atom. The molecule has 21 heteroatoms. The van der Waals surface area contributed by atoms with Crippen molar-refractivity contribution in [3.05, 3.63) is 82.2 Å². The zero-order valence-electron chi connectivity index (χ0n) is 36.9. The van der Waals surface area contributed by atoms with Gasteiger partial charge in [0.05, 0.1) is 25.4 Å². The molecule has 7 heterocycles. The van der Waals surface area contributed by atoms with Crippen LogP contribution >= 0.6 is 7.82 Å². The number of carbonyl (C=O) groups is 4. The third kappa shape index (κ3) is 8.60. The number of H-pyrrole nitrogens is 2. The van der Waals surface area contributed by atoms with E-state index in [0.717, 1.165) is 66.8 Å². The molecule has 2 aromatic heterocycles. The molecule has 19 nitrogen and oxygen atoms in total. The summed E-state index contributed by atoms with van der Waals surface area (Å²) in [5.74, 6) is -0.489. The second kappa shape index (κ2) is 18.1. The molecule has 3 aromatic carbocycles. The Morgan fingerprint density at radius 3 is 2.27 bits per heavy atom. The number of carbonyl (C=O) groups excluding carboxylic acids is 4. The molecule has 0 spiro atoms. The predicted octanol–water partition coefficient (Wildman–Crippen LogP) is 3.91. The van der Waals surface area contributed by atoms with E-state index in [1.165, 1.54) is 7.11 Å². The molecule has 2 radical (unpaired) electrons. The molecular formula is C46H52BN8O11P. The first-order valence-electron chi connectivity index (χ1n) is 22.7. The van der Waals surface area contributed by atoms with Crippen LogP contribution in [-0.2, 0) is 53.6 Å². The zero-order valence-corrected chi connectivity index (χ0v) is 37.8. The number of hydrogen-bond acceptors (Lipinski definition) is 11. The number of amides is 5. The van der Waals surface area contributed by atoms with Crippen LogP contribution in [-0.4, -0.2) is 128 Å². The summed E-state index contributed by atoms with van der Waals surface area (Å²) in [7, 11) is 2.75. The number of rotatable bonds is 15. The van der Waals surface area contributed by atoms with Crippen molar-refractivity contribution in [1.82, 2.24) is 15.3 Å². The van der Waals surface area contributed by atoms with Crippen LogP contribution in [0.15, 0.2) is 48.5 Å². The van der Waals surface area contributed by atoms with Crippen molar-refractivity contribution in [3.8, 4) is 0 Å². The summed E-state index contributed by atoms with van der Waals surface area (Å²) >= 11 is 0. The van der Waals surface area contributed by atoms with Crippen LogP contribution in [0.25, 0.3) is 21.8 Å². The molecule has 5 aliphatic rings. The minimum absolute atomic E-state index is 0.0227. The maximum Gasteiger partial charge on any atom is 0.472 e. The number of hydrogen-bond donors (Lipinski definition) is 7. The first kappa shape index (κ1) is 45.1. The van der Waals surface area contributed by atoms with Crippen molar-refractivity contribution in [2.75, 3.05) is 66.5 Å². The number of phosphoric ester groups is 1. The topological polar surface area (TPSA) is 254 Å². The minimum atomic E-state index is -4.49. The van der Waals surface area contributed by atoms with Gasteiger partial charge < -0.3 is 55.6 Å². The van der Waals surface area contributed by atoms with Crippen LogP contribution < -0.4 is 31.1 Å². The fourth-order valence-corrected chi connectivity index (χ4v) is 11.4. The number of aliphatic hydroxyl groups excluding tert-OH is 1. The van der Waals surface area contributed by atoms with Gasteiger partial charge in [-0.05, 0) is 116 Å². The molecule has 5 aliphatic heterocycles. The van der Waals surface area contributed by atoms with Gasteiger partial charge in [-0.3, -0.25) is 28.3 Å². The van der Waals surface area contributed by atoms with Gasteiger partial charge in [-0.1, -0.05) is 0 Å². The molecule has 0 aliphatic carbocycles. The molecule has 5 amide bonds. The number of urea groups is 1. The van der Waals surface area contributed by atoms with E-state index in [1.54, 1.807) is 15.9 Å². The highest BCUT2D eigenvalue weighted by Crippen LogP contribution is 2.47. The molecule has 67 heavy (non-hydrogen) atoms. The smallest absolute Gasteiger partial charge is 0.391 e. The lowest BCUT2D eigenvalue weighted by Gasteiger charge is -2.21. The van der Waals surface area contributed by atoms with Gasteiger partial charge >= 0.3 is 13.9 Å². The summed E-state index contributed by atoms with van der Waals surface area (Å²) < 4.78 is 33.3. The number of nitrogens with two attached hydrogens (primary N) is 1. The van der Waals surface area contributed by atoms with Crippen molar-refractivity contribution in [3.63, 3.8) is 0 Å². The summed E-state index contributed by atoms with van der Waals surface area (Å²) in [5.41, 5.74) is 15.5. The van der Waals surface area contributed by atoms with E-state index in [2.05, 4.69) is 20.6 Å². The molecule has 0 bridgehead atoms. The molecule has 10 rings (SSSR count). The van der Waals surface area contributed by atoms with E-state index in [4.69, 9.17) is 32.1 Å². The molecule has 1 fully saturated rings. The van der Waals surface area contributed by atoms with E-state index in [9.17, 15) is 33.7 Å². The Labute approximate surface area is 386 Å². The lowest BCUT2D eigenvalue weighted by Crippen LogP contribution is -2.41. The van der Waals surface area contributed by atoms with E-state index >= 15 is 0 Å². The Hall–Kier alpha value is -5.73. The number of aromatic nitrogens is 2. The molecule has 5 aromatic rings. The monoisotopic (exact) mass is 934 g/mol. The molecule has 1 saturated heterocycles. The largest absolute Gasteiger partial charge is 0.472 e. The van der Waals surface area contributed by atoms with Gasteiger partial charge in [0.15, 0.2) is 0 Å². The van der Waals surface area contributed by atoms with Gasteiger partial charge in [-0.2, -0.15) is 0 Å². The highest BCUT2D eigenvalue weighted by atomic mass is 31.2. The average molecular weight is 935 g/mol. The first-order chi connectivity index (χ1) is 32.3. The molecule has 6 unspecified atom stereocenters. The summed E-state index contributed by atoms with van der Waals surface area (Å²) in [6.45, 7) is 1.57. The third-order valence-electron chi connectivity index (χ3n) is 13.6. The SMILES string of the molecule is [B]C1CC(OP(=O)(O)OCC(O)CCCCNC(=O)c2cc3c4c(ccc3[nH]2)N(C(=O)c2cc3c5c(ccc3[nH]2)N(C(=O)C2Cc3c(ccc6c3CCN6C(N)=O)N2)CC5)CC4)C(COC)O1. The average Bonchev–Trinajstić information content (AvgIpc) is 4.16. The second-order valence-electron chi connectivity index (χ2n) is 17.8. The first-order valence-corrected chi connectivity index (χ1v) is 24.2. The maximum atomic E-state index is 14.2. The molecule has 350 valence electrons. The Balaban J connectivity index is 0.727. The molecular weight excluding hydrogens is 882 g/mol. The van der Waals surface area contributed by atoms with E-state index in [-0.39, 0.29) is 37.2 Å². The van der Waals surface area contributed by atoms with E-state index in [1.807, 2.05) is 47.4 Å². The fraction of sp³-hybridized carbons (Fsp3) is 0.435. The highest BCUT2D eigenvalue weighted by Gasteiger charge is 2.40. The number of nitrogens with one attached hydrogen (secondary N) is 4. The molecule has 8 N–H and O–H groups in total. The lowest BCUT2D eigenvalue weighted by atomic mass is 9.96. The summed E-state index contributed by atoms with van der Waals surface area (Å²) in [6.07, 6.45) is 1.57. The Kier molecular flexibility index (Phi) is 12.2. The number of anilines is 4. The van der Waals surface area contributed by atoms with Crippen LogP contribution in [0.1, 0.15) is 68.9 Å². The molecule has 0 saturated carbocycles. The summed E-state index contributed by atoms with van der Waals surface area (Å²) in [6, 6.07) is 13.6. The zero-order chi connectivity index (χ0) is 46.7. The maximum absolute atomic E-state index is 14.2. The second-order valence-corrected chi connectivity index (χ2v) is 19.2. The van der Waals surface area contributed by atoms with Gasteiger partial charge in [0.1, 0.15) is 31.4 Å². The number of methoxy groups -OCH3 is 1. The quantitative estimate of drug-likeness (QED) is 0.0448. The van der Waals surface area contributed by atoms with Crippen molar-refractivity contribution in [2.45, 2.75) is 81.7 Å². The highest BCUT2D eigenvalue weighted by molar-refractivity contribution is 7.47. The summed E-state index contributed by atoms with van der Waals surface area (Å²) in [4.78, 5) is 75.3. The summed E-state index contributed by atoms with van der Waals surface area (Å²) in [5, 5.41) is 18.5. The Bertz CT molecular complexity index is 2850. The lowest BCUT2D eigenvalue weighted by molar-refractivity contribution is -0.119. The predicted molar refractivity (Wildman–Crippen MR) is 250 cm³/mol. The number of unbranched alkanes of at least 4 members (excludes halogenated alkanes) is 1. The van der Waals surface area contributed by atoms with Crippen LogP contribution in [0.3, 0.4) is 0 Å². The normalized spacial score (nSPS) is 21.9. The number of aromatic amines is 2. The standard InChI is InChI=1S/C46H52BN8O11P/c1-63-23-41-40(21-42(47)65-41)66-67(61,62)64-22-24(56)4-2-3-14-49-43(57)34-18-28-25-11-15-53(37(25)8-5-31(28)50-34)44(58)35-19-29-26-12-16-54(38(26)9-6-32(29)51-35)45(59)36-20-30-27-13-17-55(46(48)60)39(27)10-7-33(30)52-36/h5-10,18-19,24,36,40-42,50-52,56H,2-4,11-17,20-23H2,1H3,(H2,48,60)(H,49,57)(H,61,62). The van der Waals surface area contributed by atoms with Crippen LogP contribution in [0.5, 0.6) is 0 Å². The van der Waals surface area contributed by atoms with Crippen molar-refractivity contribution >= 4 is 84.0 Å². The minimum Gasteiger partial charge on any atom is -0.391 e. The van der Waals surface area contributed by atoms with Crippen LogP contribution in [0.4, 0.5) is 27.5 Å². The van der Waals surface area contributed by atoms with Gasteiger partial charge in [-0.15, -0.1) is 0 Å². The van der Waals surface area contributed by atoms with E-state index in [0.29, 0.717) is 76.1 Å². The van der Waals surface area contributed by atoms with Crippen molar-refractivity contribution in [1.29, 1.82) is 0 Å². The number of primary amides is 1. The van der Waals surface area contributed by atoms with Crippen LogP contribution in [0, 0.1) is 0 Å². The van der Waals surface area contributed by atoms with Gasteiger partial charge in [-0.25, -0.2) is 9.36 Å². The number of aliphatic hydroxyl groups is 1. The third-order valence-corrected chi connectivity index (χ3v) is 14.6. The van der Waals surface area contributed by atoms with Gasteiger partial charge in [0, 0.05) is 90.3 Å². The van der Waals surface area contributed by atoms with Gasteiger partial charge in [0.2, 0.25) is 5.91 Å². The number of benzene rings is 3. The molecule has 6 atom stereocenters. The number of phosphoric acid groups is 1. The number of fused-ring (bicyclic) bond motifs is 9. The van der Waals surface area contributed by atoms with Gasteiger partial charge in [0.25, 0.3) is 11.8 Å². The van der Waals surface area contributed by atoms with Crippen molar-refractivity contribution < 1.29 is 52.3 Å².